The maximum Gasteiger partial charge on any atom is 0.258 e. The summed E-state index contributed by atoms with van der Waals surface area (Å²) in [5, 5.41) is 15.1. The number of aliphatic hydroxyl groups excluding tert-OH is 1. The molecule has 0 saturated carbocycles. The zero-order valence-electron chi connectivity index (χ0n) is 9.40. The Morgan fingerprint density at radius 3 is 3.00 bits per heavy atom. The van der Waals surface area contributed by atoms with Crippen LogP contribution in [-0.4, -0.2) is 35.4 Å². The number of carbonyl (C=O) groups is 1. The SMILES string of the molecule is CC[C@@H](CO)NC(=O)COc1cc(C)on1. The van der Waals surface area contributed by atoms with Crippen molar-refractivity contribution in [2.24, 2.45) is 0 Å². The van der Waals surface area contributed by atoms with Crippen LogP contribution in [0.25, 0.3) is 0 Å². The number of amides is 1. The second kappa shape index (κ2) is 6.12. The molecule has 1 aromatic rings. The Labute approximate surface area is 93.6 Å². The van der Waals surface area contributed by atoms with E-state index in [0.29, 0.717) is 12.2 Å². The third-order valence-corrected chi connectivity index (χ3v) is 2.04. The van der Waals surface area contributed by atoms with Crippen LogP contribution in [0.2, 0.25) is 0 Å². The van der Waals surface area contributed by atoms with Gasteiger partial charge < -0.3 is 19.7 Å². The molecule has 2 N–H and O–H groups in total. The van der Waals surface area contributed by atoms with E-state index in [0.717, 1.165) is 0 Å². The van der Waals surface area contributed by atoms with Crippen LogP contribution < -0.4 is 10.1 Å². The number of aryl methyl sites for hydroxylation is 1. The number of carbonyl (C=O) groups excluding carboxylic acids is 1. The minimum atomic E-state index is -0.290. The number of aliphatic hydroxyl groups is 1. The van der Waals surface area contributed by atoms with E-state index in [4.69, 9.17) is 14.4 Å². The van der Waals surface area contributed by atoms with Crippen molar-refractivity contribution in [1.29, 1.82) is 0 Å². The van der Waals surface area contributed by atoms with Crippen molar-refractivity contribution in [3.8, 4) is 5.88 Å². The first-order valence-electron chi connectivity index (χ1n) is 5.12. The molecule has 0 radical (unpaired) electrons. The maximum absolute atomic E-state index is 11.3. The fraction of sp³-hybridized carbons (Fsp3) is 0.600. The lowest BCUT2D eigenvalue weighted by molar-refractivity contribution is -0.124. The summed E-state index contributed by atoms with van der Waals surface area (Å²) < 4.78 is 9.85. The second-order valence-electron chi connectivity index (χ2n) is 3.42. The standard InChI is InChI=1S/C10H16N2O4/c1-3-8(5-13)11-9(14)6-15-10-4-7(2)16-12-10/h4,8,13H,3,5-6H2,1-2H3,(H,11,14)/t8-/m0/s1. The summed E-state index contributed by atoms with van der Waals surface area (Å²) in [5.41, 5.74) is 0. The van der Waals surface area contributed by atoms with Gasteiger partial charge in [0, 0.05) is 6.07 Å². The minimum Gasteiger partial charge on any atom is -0.465 e. The van der Waals surface area contributed by atoms with Crippen LogP contribution in [0, 0.1) is 6.92 Å². The number of ether oxygens (including phenoxy) is 1. The van der Waals surface area contributed by atoms with E-state index < -0.39 is 0 Å². The molecule has 1 amide bonds. The molecule has 0 fully saturated rings. The largest absolute Gasteiger partial charge is 0.465 e. The predicted octanol–water partition coefficient (Wildman–Crippen LogP) is 0.249. The van der Waals surface area contributed by atoms with Crippen molar-refractivity contribution < 1.29 is 19.2 Å². The van der Waals surface area contributed by atoms with Crippen LogP contribution in [0.5, 0.6) is 5.88 Å². The van der Waals surface area contributed by atoms with Crippen LogP contribution in [0.15, 0.2) is 10.6 Å². The Morgan fingerprint density at radius 2 is 2.50 bits per heavy atom. The van der Waals surface area contributed by atoms with E-state index in [-0.39, 0.29) is 31.0 Å². The molecule has 1 atom stereocenters. The quantitative estimate of drug-likeness (QED) is 0.729. The first kappa shape index (κ1) is 12.5. The third-order valence-electron chi connectivity index (χ3n) is 2.04. The summed E-state index contributed by atoms with van der Waals surface area (Å²) in [5.74, 6) is 0.614. The maximum atomic E-state index is 11.3. The van der Waals surface area contributed by atoms with Crippen LogP contribution in [0.4, 0.5) is 0 Å². The fourth-order valence-electron chi connectivity index (χ4n) is 1.10. The molecule has 0 aliphatic carbocycles. The smallest absolute Gasteiger partial charge is 0.258 e. The average Bonchev–Trinajstić information content (AvgIpc) is 2.69. The van der Waals surface area contributed by atoms with Crippen molar-refractivity contribution in [1.82, 2.24) is 10.5 Å². The van der Waals surface area contributed by atoms with E-state index in [1.54, 1.807) is 13.0 Å². The molecule has 1 aromatic heterocycles. The number of hydrogen-bond acceptors (Lipinski definition) is 5. The molecule has 0 aliphatic rings. The molecule has 0 aromatic carbocycles. The first-order chi connectivity index (χ1) is 7.65. The van der Waals surface area contributed by atoms with Gasteiger partial charge in [-0.15, -0.1) is 0 Å². The van der Waals surface area contributed by atoms with Crippen molar-refractivity contribution in [2.45, 2.75) is 26.3 Å². The molecular formula is C10H16N2O4. The van der Waals surface area contributed by atoms with E-state index >= 15 is 0 Å². The van der Waals surface area contributed by atoms with Gasteiger partial charge in [-0.25, -0.2) is 0 Å². The van der Waals surface area contributed by atoms with E-state index in [1.165, 1.54) is 0 Å². The molecule has 90 valence electrons. The average molecular weight is 228 g/mol. The minimum absolute atomic E-state index is 0.0781. The summed E-state index contributed by atoms with van der Waals surface area (Å²) in [4.78, 5) is 11.3. The van der Waals surface area contributed by atoms with Gasteiger partial charge in [0.15, 0.2) is 6.61 Å². The molecule has 6 heteroatoms. The number of rotatable bonds is 6. The molecule has 0 spiro atoms. The Balaban J connectivity index is 2.30. The van der Waals surface area contributed by atoms with Gasteiger partial charge in [-0.2, -0.15) is 0 Å². The molecule has 0 bridgehead atoms. The van der Waals surface area contributed by atoms with Crippen LogP contribution >= 0.6 is 0 Å². The lowest BCUT2D eigenvalue weighted by Crippen LogP contribution is -2.39. The number of aromatic nitrogens is 1. The molecule has 6 nitrogen and oxygen atoms in total. The van der Waals surface area contributed by atoms with Gasteiger partial charge in [0.05, 0.1) is 12.6 Å². The van der Waals surface area contributed by atoms with Crippen LogP contribution in [-0.2, 0) is 4.79 Å². The lowest BCUT2D eigenvalue weighted by Gasteiger charge is -2.13. The summed E-state index contributed by atoms with van der Waals surface area (Å²) >= 11 is 0. The number of nitrogens with zero attached hydrogens (tertiary/aromatic N) is 1. The normalized spacial score (nSPS) is 12.2. The Kier molecular flexibility index (Phi) is 4.78. The Morgan fingerprint density at radius 1 is 1.75 bits per heavy atom. The summed E-state index contributed by atoms with van der Waals surface area (Å²) in [6.45, 7) is 3.40. The van der Waals surface area contributed by atoms with Crippen LogP contribution in [0.3, 0.4) is 0 Å². The topological polar surface area (TPSA) is 84.6 Å². The lowest BCUT2D eigenvalue weighted by atomic mass is 10.2. The van der Waals surface area contributed by atoms with Gasteiger partial charge in [0.25, 0.3) is 11.8 Å². The van der Waals surface area contributed by atoms with Gasteiger partial charge >= 0.3 is 0 Å². The van der Waals surface area contributed by atoms with Gasteiger partial charge in [0.2, 0.25) is 0 Å². The molecule has 0 unspecified atom stereocenters. The summed E-state index contributed by atoms with van der Waals surface area (Å²) in [7, 11) is 0. The first-order valence-corrected chi connectivity index (χ1v) is 5.12. The zero-order chi connectivity index (χ0) is 12.0. The van der Waals surface area contributed by atoms with Crippen molar-refractivity contribution >= 4 is 5.91 Å². The Hall–Kier alpha value is -1.56. The van der Waals surface area contributed by atoms with Gasteiger partial charge in [0.1, 0.15) is 5.76 Å². The van der Waals surface area contributed by atoms with Crippen molar-refractivity contribution in [3.63, 3.8) is 0 Å². The fourth-order valence-corrected chi connectivity index (χ4v) is 1.10. The van der Waals surface area contributed by atoms with Gasteiger partial charge in [-0.05, 0) is 18.5 Å². The highest BCUT2D eigenvalue weighted by atomic mass is 16.5. The molecule has 16 heavy (non-hydrogen) atoms. The Bertz CT molecular complexity index is 333. The molecule has 1 rings (SSSR count). The van der Waals surface area contributed by atoms with Crippen molar-refractivity contribution in [3.05, 3.63) is 11.8 Å². The predicted molar refractivity (Wildman–Crippen MR) is 56.0 cm³/mol. The number of hydrogen-bond donors (Lipinski definition) is 2. The zero-order valence-corrected chi connectivity index (χ0v) is 9.40. The molecule has 0 aliphatic heterocycles. The molecular weight excluding hydrogens is 212 g/mol. The monoisotopic (exact) mass is 228 g/mol. The highest BCUT2D eigenvalue weighted by Gasteiger charge is 2.10. The van der Waals surface area contributed by atoms with Crippen LogP contribution in [0.1, 0.15) is 19.1 Å². The summed E-state index contributed by atoms with van der Waals surface area (Å²) in [6.07, 6.45) is 0.672. The third kappa shape index (κ3) is 3.90. The van der Waals surface area contributed by atoms with Gasteiger partial charge in [-0.1, -0.05) is 6.92 Å². The second-order valence-corrected chi connectivity index (χ2v) is 3.42. The highest BCUT2D eigenvalue weighted by molar-refractivity contribution is 5.77. The van der Waals surface area contributed by atoms with Gasteiger partial charge in [-0.3, -0.25) is 4.79 Å². The van der Waals surface area contributed by atoms with E-state index in [2.05, 4.69) is 10.5 Å². The number of nitrogens with one attached hydrogen (secondary N) is 1. The van der Waals surface area contributed by atoms with E-state index in [9.17, 15) is 4.79 Å². The van der Waals surface area contributed by atoms with E-state index in [1.807, 2.05) is 6.92 Å². The summed E-state index contributed by atoms with van der Waals surface area (Å²) in [6, 6.07) is 1.37. The molecule has 1 heterocycles. The highest BCUT2D eigenvalue weighted by Crippen LogP contribution is 2.09. The molecule has 0 saturated heterocycles. The van der Waals surface area contributed by atoms with Crippen molar-refractivity contribution in [2.75, 3.05) is 13.2 Å².